The maximum Gasteiger partial charge on any atom is 0.220 e. The van der Waals surface area contributed by atoms with Crippen LogP contribution in [-0.2, 0) is 4.79 Å². The van der Waals surface area contributed by atoms with Crippen molar-refractivity contribution in [1.29, 1.82) is 0 Å². The van der Waals surface area contributed by atoms with Crippen LogP contribution in [0.4, 0.5) is 0 Å². The van der Waals surface area contributed by atoms with Crippen molar-refractivity contribution in [2.24, 2.45) is 5.92 Å². The van der Waals surface area contributed by atoms with Gasteiger partial charge in [-0.2, -0.15) is 0 Å². The van der Waals surface area contributed by atoms with Crippen molar-refractivity contribution in [2.75, 3.05) is 6.54 Å². The molecular weight excluding hydrogens is 210 g/mol. The lowest BCUT2D eigenvalue weighted by Gasteiger charge is -2.14. The fourth-order valence-corrected chi connectivity index (χ4v) is 2.48. The maximum absolute atomic E-state index is 11.6. The fraction of sp³-hybridized carbons (Fsp3) is 0.800. The molecule has 1 rings (SSSR count). The number of nitrogens with one attached hydrogen (secondary N) is 1. The predicted octanol–water partition coefficient (Wildman–Crippen LogP) is 3.82. The summed E-state index contributed by atoms with van der Waals surface area (Å²) >= 11 is 0. The minimum atomic E-state index is 0.224. The second kappa shape index (κ2) is 8.32. The van der Waals surface area contributed by atoms with E-state index in [1.807, 2.05) is 0 Å². The molecule has 0 heterocycles. The molecule has 0 spiro atoms. The Bertz CT molecular complexity index is 258. The van der Waals surface area contributed by atoms with E-state index in [0.717, 1.165) is 19.4 Å². The van der Waals surface area contributed by atoms with Crippen molar-refractivity contribution >= 4 is 5.91 Å². The van der Waals surface area contributed by atoms with Gasteiger partial charge < -0.3 is 5.32 Å². The molecule has 98 valence electrons. The highest BCUT2D eigenvalue weighted by Gasteiger charge is 2.08. The lowest BCUT2D eigenvalue weighted by atomic mass is 9.97. The van der Waals surface area contributed by atoms with Crippen LogP contribution in [0.1, 0.15) is 65.2 Å². The van der Waals surface area contributed by atoms with Gasteiger partial charge >= 0.3 is 0 Å². The first-order chi connectivity index (χ1) is 8.22. The van der Waals surface area contributed by atoms with E-state index in [9.17, 15) is 4.79 Å². The van der Waals surface area contributed by atoms with Crippen LogP contribution in [0.25, 0.3) is 0 Å². The first-order valence-electron chi connectivity index (χ1n) is 7.17. The van der Waals surface area contributed by atoms with Gasteiger partial charge in [-0.05, 0) is 38.0 Å². The lowest BCUT2D eigenvalue weighted by molar-refractivity contribution is -0.121. The van der Waals surface area contributed by atoms with Gasteiger partial charge in [0.25, 0.3) is 0 Å². The molecule has 0 bridgehead atoms. The number of hydrogen-bond donors (Lipinski definition) is 1. The number of carbonyl (C=O) groups excluding carboxylic acids is 1. The van der Waals surface area contributed by atoms with Gasteiger partial charge in [0.1, 0.15) is 0 Å². The SMILES string of the molecule is CCCC(C)CC(=O)NCCC1=CCCCC1. The average Bonchev–Trinajstić information content (AvgIpc) is 2.30. The minimum Gasteiger partial charge on any atom is -0.356 e. The normalized spacial score (nSPS) is 17.4. The Morgan fingerprint density at radius 3 is 2.94 bits per heavy atom. The zero-order chi connectivity index (χ0) is 12.5. The van der Waals surface area contributed by atoms with Crippen LogP contribution >= 0.6 is 0 Å². The van der Waals surface area contributed by atoms with E-state index < -0.39 is 0 Å². The summed E-state index contributed by atoms with van der Waals surface area (Å²) in [5.74, 6) is 0.747. The molecule has 17 heavy (non-hydrogen) atoms. The molecule has 0 fully saturated rings. The van der Waals surface area contributed by atoms with Crippen LogP contribution in [0.3, 0.4) is 0 Å². The third kappa shape index (κ3) is 6.50. The highest BCUT2D eigenvalue weighted by molar-refractivity contribution is 5.76. The summed E-state index contributed by atoms with van der Waals surface area (Å²) in [4.78, 5) is 11.6. The van der Waals surface area contributed by atoms with Crippen LogP contribution in [0.5, 0.6) is 0 Å². The zero-order valence-electron chi connectivity index (χ0n) is 11.4. The quantitative estimate of drug-likeness (QED) is 0.670. The Labute approximate surface area is 106 Å². The second-order valence-corrected chi connectivity index (χ2v) is 5.31. The average molecular weight is 237 g/mol. The number of amides is 1. The number of hydrogen-bond acceptors (Lipinski definition) is 1. The molecular formula is C15H27NO. The Kier molecular flexibility index (Phi) is 6.99. The molecule has 1 atom stereocenters. The molecule has 1 aliphatic carbocycles. The Hall–Kier alpha value is -0.790. The van der Waals surface area contributed by atoms with Crippen molar-refractivity contribution in [3.05, 3.63) is 11.6 Å². The first kappa shape index (κ1) is 14.3. The van der Waals surface area contributed by atoms with Gasteiger partial charge in [0.2, 0.25) is 5.91 Å². The van der Waals surface area contributed by atoms with E-state index in [-0.39, 0.29) is 5.91 Å². The summed E-state index contributed by atoms with van der Waals surface area (Å²) < 4.78 is 0. The molecule has 1 aliphatic rings. The van der Waals surface area contributed by atoms with Gasteiger partial charge in [0.05, 0.1) is 0 Å². The van der Waals surface area contributed by atoms with Crippen LogP contribution in [0.2, 0.25) is 0 Å². The van der Waals surface area contributed by atoms with Gasteiger partial charge in [-0.3, -0.25) is 4.79 Å². The molecule has 0 aromatic carbocycles. The van der Waals surface area contributed by atoms with Gasteiger partial charge in [0, 0.05) is 13.0 Å². The van der Waals surface area contributed by atoms with E-state index in [4.69, 9.17) is 0 Å². The van der Waals surface area contributed by atoms with Crippen molar-refractivity contribution in [2.45, 2.75) is 65.2 Å². The van der Waals surface area contributed by atoms with Crippen LogP contribution < -0.4 is 5.32 Å². The molecule has 0 aromatic rings. The summed E-state index contributed by atoms with van der Waals surface area (Å²) in [5, 5.41) is 3.04. The second-order valence-electron chi connectivity index (χ2n) is 5.31. The van der Waals surface area contributed by atoms with Gasteiger partial charge in [-0.15, -0.1) is 0 Å². The molecule has 0 radical (unpaired) electrons. The minimum absolute atomic E-state index is 0.224. The van der Waals surface area contributed by atoms with Gasteiger partial charge in [-0.1, -0.05) is 38.3 Å². The highest BCUT2D eigenvalue weighted by atomic mass is 16.1. The molecule has 1 unspecified atom stereocenters. The molecule has 2 heteroatoms. The molecule has 0 aromatic heterocycles. The standard InChI is InChI=1S/C15H27NO/c1-3-7-13(2)12-15(17)16-11-10-14-8-5-4-6-9-14/h8,13H,3-7,9-12H2,1-2H3,(H,16,17). The van der Waals surface area contributed by atoms with Gasteiger partial charge in [0.15, 0.2) is 0 Å². The molecule has 2 nitrogen and oxygen atoms in total. The summed E-state index contributed by atoms with van der Waals surface area (Å²) in [6, 6.07) is 0. The lowest BCUT2D eigenvalue weighted by Crippen LogP contribution is -2.26. The highest BCUT2D eigenvalue weighted by Crippen LogP contribution is 2.19. The van der Waals surface area contributed by atoms with E-state index in [1.165, 1.54) is 37.7 Å². The van der Waals surface area contributed by atoms with Crippen LogP contribution in [-0.4, -0.2) is 12.5 Å². The van der Waals surface area contributed by atoms with Crippen LogP contribution in [0, 0.1) is 5.92 Å². The Morgan fingerprint density at radius 1 is 1.47 bits per heavy atom. The van der Waals surface area contributed by atoms with E-state index in [0.29, 0.717) is 12.3 Å². The number of rotatable bonds is 7. The molecule has 0 saturated heterocycles. The summed E-state index contributed by atoms with van der Waals surface area (Å²) in [7, 11) is 0. The van der Waals surface area contributed by atoms with E-state index >= 15 is 0 Å². The van der Waals surface area contributed by atoms with Crippen LogP contribution in [0.15, 0.2) is 11.6 Å². The Balaban J connectivity index is 2.09. The third-order valence-electron chi connectivity index (χ3n) is 3.47. The summed E-state index contributed by atoms with van der Waals surface area (Å²) in [6.45, 7) is 5.15. The predicted molar refractivity (Wildman–Crippen MR) is 72.9 cm³/mol. The molecule has 0 saturated carbocycles. The van der Waals surface area contributed by atoms with Crippen molar-refractivity contribution < 1.29 is 4.79 Å². The molecule has 1 amide bonds. The maximum atomic E-state index is 11.6. The third-order valence-corrected chi connectivity index (χ3v) is 3.47. The molecule has 1 N–H and O–H groups in total. The largest absolute Gasteiger partial charge is 0.356 e. The van der Waals surface area contributed by atoms with E-state index in [2.05, 4.69) is 25.2 Å². The number of allylic oxidation sites excluding steroid dienone is 1. The summed E-state index contributed by atoms with van der Waals surface area (Å²) in [5.41, 5.74) is 1.54. The van der Waals surface area contributed by atoms with E-state index in [1.54, 1.807) is 0 Å². The topological polar surface area (TPSA) is 29.1 Å². The smallest absolute Gasteiger partial charge is 0.220 e. The fourth-order valence-electron chi connectivity index (χ4n) is 2.48. The zero-order valence-corrected chi connectivity index (χ0v) is 11.4. The van der Waals surface area contributed by atoms with Gasteiger partial charge in [-0.25, -0.2) is 0 Å². The first-order valence-corrected chi connectivity index (χ1v) is 7.17. The van der Waals surface area contributed by atoms with Crippen molar-refractivity contribution in [1.82, 2.24) is 5.32 Å². The van der Waals surface area contributed by atoms with Crippen molar-refractivity contribution in [3.8, 4) is 0 Å². The summed E-state index contributed by atoms with van der Waals surface area (Å²) in [6.07, 6.45) is 11.5. The monoisotopic (exact) mass is 237 g/mol. The molecule has 0 aliphatic heterocycles. The van der Waals surface area contributed by atoms with Crippen molar-refractivity contribution in [3.63, 3.8) is 0 Å². The Morgan fingerprint density at radius 2 is 2.29 bits per heavy atom. The number of carbonyl (C=O) groups is 1.